The van der Waals surface area contributed by atoms with Crippen LogP contribution in [0, 0.1) is 19.8 Å². The Balaban J connectivity index is 2.28. The quantitative estimate of drug-likeness (QED) is 0.892. The molecule has 2 heterocycles. The van der Waals surface area contributed by atoms with E-state index < -0.39 is 0 Å². The third kappa shape index (κ3) is 2.47. The molecule has 2 aromatic rings. The molecule has 98 valence electrons. The van der Waals surface area contributed by atoms with Crippen LogP contribution in [0.25, 0.3) is 10.2 Å². The SMILES string of the molecule is Cc1sc2ncnc(NCC(O)C(C)C)c2c1C. The van der Waals surface area contributed by atoms with E-state index in [0.29, 0.717) is 6.54 Å². The number of anilines is 1. The van der Waals surface area contributed by atoms with Crippen molar-refractivity contribution in [3.05, 3.63) is 16.8 Å². The number of rotatable bonds is 4. The molecular weight excluding hydrogens is 246 g/mol. The maximum Gasteiger partial charge on any atom is 0.138 e. The van der Waals surface area contributed by atoms with Crippen molar-refractivity contribution in [1.29, 1.82) is 0 Å². The summed E-state index contributed by atoms with van der Waals surface area (Å²) in [7, 11) is 0. The summed E-state index contributed by atoms with van der Waals surface area (Å²) in [5.74, 6) is 1.06. The van der Waals surface area contributed by atoms with Crippen molar-refractivity contribution < 1.29 is 5.11 Å². The molecule has 0 amide bonds. The van der Waals surface area contributed by atoms with Crippen LogP contribution in [0.4, 0.5) is 5.82 Å². The van der Waals surface area contributed by atoms with E-state index in [1.807, 2.05) is 13.8 Å². The molecule has 0 aromatic carbocycles. The lowest BCUT2D eigenvalue weighted by atomic mass is 10.1. The molecule has 2 rings (SSSR count). The van der Waals surface area contributed by atoms with E-state index in [2.05, 4.69) is 29.1 Å². The maximum absolute atomic E-state index is 9.83. The second-order valence-corrected chi connectivity index (χ2v) is 6.08. The van der Waals surface area contributed by atoms with Crippen LogP contribution in [0.2, 0.25) is 0 Å². The van der Waals surface area contributed by atoms with E-state index in [0.717, 1.165) is 16.0 Å². The third-order valence-electron chi connectivity index (χ3n) is 3.21. The molecule has 2 aromatic heterocycles. The monoisotopic (exact) mass is 265 g/mol. The fraction of sp³-hybridized carbons (Fsp3) is 0.538. The van der Waals surface area contributed by atoms with Crippen molar-refractivity contribution >= 4 is 27.4 Å². The molecule has 18 heavy (non-hydrogen) atoms. The molecule has 0 fully saturated rings. The van der Waals surface area contributed by atoms with Crippen LogP contribution in [0.1, 0.15) is 24.3 Å². The first kappa shape index (κ1) is 13.2. The van der Waals surface area contributed by atoms with Gasteiger partial charge in [0.2, 0.25) is 0 Å². The van der Waals surface area contributed by atoms with Crippen LogP contribution in [0.3, 0.4) is 0 Å². The van der Waals surface area contributed by atoms with Crippen molar-refractivity contribution in [3.63, 3.8) is 0 Å². The first-order chi connectivity index (χ1) is 8.50. The zero-order valence-electron chi connectivity index (χ0n) is 11.2. The predicted molar refractivity (Wildman–Crippen MR) is 76.2 cm³/mol. The van der Waals surface area contributed by atoms with Gasteiger partial charge in [0.25, 0.3) is 0 Å². The minimum absolute atomic E-state index is 0.236. The first-order valence-corrected chi connectivity index (χ1v) is 6.95. The van der Waals surface area contributed by atoms with Crippen LogP contribution in [-0.2, 0) is 0 Å². The van der Waals surface area contributed by atoms with Gasteiger partial charge in [0.05, 0.1) is 11.5 Å². The van der Waals surface area contributed by atoms with E-state index in [4.69, 9.17) is 0 Å². The largest absolute Gasteiger partial charge is 0.391 e. The number of aryl methyl sites for hydroxylation is 2. The highest BCUT2D eigenvalue weighted by Crippen LogP contribution is 2.32. The number of aliphatic hydroxyl groups is 1. The Morgan fingerprint density at radius 1 is 1.33 bits per heavy atom. The summed E-state index contributed by atoms with van der Waals surface area (Å²) in [5, 5.41) is 14.1. The van der Waals surface area contributed by atoms with Gasteiger partial charge in [-0.2, -0.15) is 0 Å². The molecule has 2 N–H and O–H groups in total. The van der Waals surface area contributed by atoms with E-state index in [1.54, 1.807) is 17.7 Å². The topological polar surface area (TPSA) is 58.0 Å². The Morgan fingerprint density at radius 2 is 2.06 bits per heavy atom. The lowest BCUT2D eigenvalue weighted by Gasteiger charge is -2.15. The predicted octanol–water partition coefficient (Wildman–Crippen LogP) is 2.74. The van der Waals surface area contributed by atoms with Crippen molar-refractivity contribution in [2.75, 3.05) is 11.9 Å². The maximum atomic E-state index is 9.83. The summed E-state index contributed by atoms with van der Waals surface area (Å²) >= 11 is 1.68. The Kier molecular flexibility index (Phi) is 3.82. The Labute approximate surface area is 111 Å². The van der Waals surface area contributed by atoms with Gasteiger partial charge in [-0.15, -0.1) is 11.3 Å². The van der Waals surface area contributed by atoms with Crippen molar-refractivity contribution in [2.24, 2.45) is 5.92 Å². The van der Waals surface area contributed by atoms with Gasteiger partial charge < -0.3 is 10.4 Å². The molecule has 4 nitrogen and oxygen atoms in total. The van der Waals surface area contributed by atoms with Crippen LogP contribution in [0.5, 0.6) is 0 Å². The van der Waals surface area contributed by atoms with Crippen molar-refractivity contribution in [1.82, 2.24) is 9.97 Å². The molecule has 0 radical (unpaired) electrons. The van der Waals surface area contributed by atoms with E-state index >= 15 is 0 Å². The van der Waals surface area contributed by atoms with E-state index in [1.165, 1.54) is 10.4 Å². The Hall–Kier alpha value is -1.20. The van der Waals surface area contributed by atoms with Gasteiger partial charge in [-0.1, -0.05) is 13.8 Å². The van der Waals surface area contributed by atoms with Gasteiger partial charge in [0.15, 0.2) is 0 Å². The molecule has 0 aliphatic rings. The highest BCUT2D eigenvalue weighted by molar-refractivity contribution is 7.18. The molecule has 5 heteroatoms. The van der Waals surface area contributed by atoms with Crippen LogP contribution in [-0.4, -0.2) is 27.7 Å². The average Bonchev–Trinajstić information content (AvgIpc) is 2.62. The number of thiophene rings is 1. The number of aromatic nitrogens is 2. The summed E-state index contributed by atoms with van der Waals surface area (Å²) in [5.41, 5.74) is 1.22. The molecule has 1 unspecified atom stereocenters. The van der Waals surface area contributed by atoms with E-state index in [9.17, 15) is 5.11 Å². The number of nitrogens with one attached hydrogen (secondary N) is 1. The normalized spacial score (nSPS) is 13.2. The van der Waals surface area contributed by atoms with Gasteiger partial charge in [-0.25, -0.2) is 9.97 Å². The van der Waals surface area contributed by atoms with Gasteiger partial charge in [-0.05, 0) is 25.3 Å². The first-order valence-electron chi connectivity index (χ1n) is 6.13. The van der Waals surface area contributed by atoms with Crippen molar-refractivity contribution in [2.45, 2.75) is 33.8 Å². The lowest BCUT2D eigenvalue weighted by molar-refractivity contribution is 0.138. The summed E-state index contributed by atoms with van der Waals surface area (Å²) in [6.45, 7) is 8.69. The molecule has 0 aliphatic carbocycles. The highest BCUT2D eigenvalue weighted by Gasteiger charge is 2.14. The number of fused-ring (bicyclic) bond motifs is 1. The molecule has 0 saturated heterocycles. The minimum atomic E-state index is -0.366. The van der Waals surface area contributed by atoms with Crippen LogP contribution >= 0.6 is 11.3 Å². The van der Waals surface area contributed by atoms with Gasteiger partial charge >= 0.3 is 0 Å². The van der Waals surface area contributed by atoms with Crippen molar-refractivity contribution in [3.8, 4) is 0 Å². The van der Waals surface area contributed by atoms with E-state index in [-0.39, 0.29) is 12.0 Å². The highest BCUT2D eigenvalue weighted by atomic mass is 32.1. The minimum Gasteiger partial charge on any atom is -0.391 e. The van der Waals surface area contributed by atoms with Crippen LogP contribution < -0.4 is 5.32 Å². The number of hydrogen-bond acceptors (Lipinski definition) is 5. The summed E-state index contributed by atoms with van der Waals surface area (Å²) in [6, 6.07) is 0. The van der Waals surface area contributed by atoms with Gasteiger partial charge in [0.1, 0.15) is 17.0 Å². The number of aliphatic hydroxyl groups excluding tert-OH is 1. The molecule has 0 bridgehead atoms. The average molecular weight is 265 g/mol. The Morgan fingerprint density at radius 3 is 2.72 bits per heavy atom. The summed E-state index contributed by atoms with van der Waals surface area (Å²) in [4.78, 5) is 10.8. The number of nitrogens with zero attached hydrogens (tertiary/aromatic N) is 2. The standard InChI is InChI=1S/C13H19N3OS/c1-7(2)10(17)5-14-12-11-8(3)9(4)18-13(11)16-6-15-12/h6-7,10,17H,5H2,1-4H3,(H,14,15,16). The zero-order valence-corrected chi connectivity index (χ0v) is 12.0. The van der Waals surface area contributed by atoms with Gasteiger partial charge in [0, 0.05) is 11.4 Å². The fourth-order valence-corrected chi connectivity index (χ4v) is 2.75. The molecule has 0 spiro atoms. The summed E-state index contributed by atoms with van der Waals surface area (Å²) in [6.07, 6.45) is 1.21. The second kappa shape index (κ2) is 5.20. The molecule has 0 aliphatic heterocycles. The second-order valence-electron chi connectivity index (χ2n) is 4.88. The smallest absolute Gasteiger partial charge is 0.138 e. The zero-order chi connectivity index (χ0) is 13.3. The Bertz CT molecular complexity index is 550. The molecule has 1 atom stereocenters. The molecule has 0 saturated carbocycles. The van der Waals surface area contributed by atoms with Gasteiger partial charge in [-0.3, -0.25) is 0 Å². The third-order valence-corrected chi connectivity index (χ3v) is 4.33. The fourth-order valence-electron chi connectivity index (χ4n) is 1.75. The lowest BCUT2D eigenvalue weighted by Crippen LogP contribution is -2.25. The summed E-state index contributed by atoms with van der Waals surface area (Å²) < 4.78 is 0. The number of hydrogen-bond donors (Lipinski definition) is 2. The van der Waals surface area contributed by atoms with Crippen LogP contribution in [0.15, 0.2) is 6.33 Å². The molecular formula is C13H19N3OS.